The van der Waals surface area contributed by atoms with E-state index in [1.54, 1.807) is 6.07 Å². The zero-order valence-electron chi connectivity index (χ0n) is 12.0. The predicted octanol–water partition coefficient (Wildman–Crippen LogP) is 3.04. The lowest BCUT2D eigenvalue weighted by molar-refractivity contribution is -0.137. The first-order valence-electron chi connectivity index (χ1n) is 6.97. The van der Waals surface area contributed by atoms with Crippen LogP contribution >= 0.6 is 0 Å². The van der Waals surface area contributed by atoms with Gasteiger partial charge in [-0.3, -0.25) is 14.8 Å². The number of aromatic nitrogens is 2. The maximum Gasteiger partial charge on any atom is 0.417 e. The molecule has 3 rings (SSSR count). The molecule has 0 spiro atoms. The van der Waals surface area contributed by atoms with Gasteiger partial charge in [-0.25, -0.2) is 0 Å². The second-order valence-corrected chi connectivity index (χ2v) is 5.82. The molecule has 1 saturated carbocycles. The number of alkyl halides is 3. The van der Waals surface area contributed by atoms with Gasteiger partial charge in [-0.1, -0.05) is 0 Å². The van der Waals surface area contributed by atoms with Crippen LogP contribution < -0.4 is 0 Å². The van der Waals surface area contributed by atoms with Crippen molar-refractivity contribution in [2.75, 3.05) is 0 Å². The molecule has 0 aliphatic heterocycles. The van der Waals surface area contributed by atoms with E-state index >= 15 is 0 Å². The topological polar surface area (TPSA) is 63.1 Å². The molecule has 120 valence electrons. The molecule has 2 aromatic rings. The molecule has 4 nitrogen and oxygen atoms in total. The summed E-state index contributed by atoms with van der Waals surface area (Å²) in [5, 5.41) is 9.26. The average molecular weight is 322 g/mol. The first-order valence-corrected chi connectivity index (χ1v) is 6.97. The van der Waals surface area contributed by atoms with Gasteiger partial charge < -0.3 is 5.11 Å². The summed E-state index contributed by atoms with van der Waals surface area (Å²) < 4.78 is 38.6. The molecule has 1 aliphatic carbocycles. The van der Waals surface area contributed by atoms with Gasteiger partial charge in [-0.05, 0) is 23.8 Å². The van der Waals surface area contributed by atoms with Crippen LogP contribution in [0, 0.1) is 0 Å². The standard InChI is InChI=1S/C16H13F3N2O2/c17-16(18,19)11-3-10(7-20-8-11)15(5-14(23)6-15)4-12-1-2-13(22)9-21-12/h1-3,7-9,22H,4-6H2. The van der Waals surface area contributed by atoms with Crippen LogP contribution in [0.5, 0.6) is 5.75 Å². The van der Waals surface area contributed by atoms with E-state index in [9.17, 15) is 23.1 Å². The van der Waals surface area contributed by atoms with Crippen molar-refractivity contribution < 1.29 is 23.1 Å². The molecule has 2 aromatic heterocycles. The number of ketones is 1. The van der Waals surface area contributed by atoms with E-state index < -0.39 is 17.2 Å². The molecule has 0 atom stereocenters. The van der Waals surface area contributed by atoms with Crippen molar-refractivity contribution in [2.45, 2.75) is 30.9 Å². The molecular weight excluding hydrogens is 309 g/mol. The van der Waals surface area contributed by atoms with Crippen LogP contribution in [0.1, 0.15) is 29.7 Å². The van der Waals surface area contributed by atoms with Gasteiger partial charge in [0.1, 0.15) is 11.5 Å². The number of rotatable bonds is 3. The summed E-state index contributed by atoms with van der Waals surface area (Å²) in [5.74, 6) is 0.00871. The van der Waals surface area contributed by atoms with Gasteiger partial charge in [-0.15, -0.1) is 0 Å². The Morgan fingerprint density at radius 3 is 2.48 bits per heavy atom. The van der Waals surface area contributed by atoms with Crippen LogP contribution in [0.25, 0.3) is 0 Å². The number of pyridine rings is 2. The Labute approximate surface area is 130 Å². The zero-order chi connectivity index (χ0) is 16.7. The highest BCUT2D eigenvalue weighted by Gasteiger charge is 2.46. The predicted molar refractivity (Wildman–Crippen MR) is 74.8 cm³/mol. The lowest BCUT2D eigenvalue weighted by Gasteiger charge is -2.40. The fraction of sp³-hybridized carbons (Fsp3) is 0.312. The van der Waals surface area contributed by atoms with Gasteiger partial charge in [0.05, 0.1) is 11.8 Å². The van der Waals surface area contributed by atoms with Crippen LogP contribution in [0.4, 0.5) is 13.2 Å². The summed E-state index contributed by atoms with van der Waals surface area (Å²) in [4.78, 5) is 19.3. The second kappa shape index (κ2) is 5.33. The highest BCUT2D eigenvalue weighted by Crippen LogP contribution is 2.44. The summed E-state index contributed by atoms with van der Waals surface area (Å²) in [5.41, 5.74) is -0.545. The number of nitrogens with zero attached hydrogens (tertiary/aromatic N) is 2. The van der Waals surface area contributed by atoms with E-state index in [2.05, 4.69) is 9.97 Å². The van der Waals surface area contributed by atoms with E-state index in [0.29, 0.717) is 17.7 Å². The third kappa shape index (κ3) is 3.04. The Morgan fingerprint density at radius 1 is 1.17 bits per heavy atom. The Hall–Kier alpha value is -2.44. The Balaban J connectivity index is 1.95. The quantitative estimate of drug-likeness (QED) is 0.943. The van der Waals surface area contributed by atoms with Crippen LogP contribution in [-0.2, 0) is 22.8 Å². The third-order valence-electron chi connectivity index (χ3n) is 4.08. The summed E-state index contributed by atoms with van der Waals surface area (Å²) >= 11 is 0. The van der Waals surface area contributed by atoms with Gasteiger partial charge in [0.2, 0.25) is 0 Å². The molecule has 0 amide bonds. The number of hydrogen-bond donors (Lipinski definition) is 1. The van der Waals surface area contributed by atoms with Crippen LogP contribution in [0.15, 0.2) is 36.8 Å². The molecule has 2 heterocycles. The summed E-state index contributed by atoms with van der Waals surface area (Å²) in [6.45, 7) is 0. The van der Waals surface area contributed by atoms with Gasteiger partial charge in [0.15, 0.2) is 0 Å². The van der Waals surface area contributed by atoms with Crippen LogP contribution in [-0.4, -0.2) is 20.9 Å². The lowest BCUT2D eigenvalue weighted by atomic mass is 9.61. The molecule has 0 bridgehead atoms. The average Bonchev–Trinajstić information content (AvgIpc) is 2.47. The normalized spacial score (nSPS) is 16.9. The first kappa shape index (κ1) is 15.5. The zero-order valence-corrected chi connectivity index (χ0v) is 12.0. The van der Waals surface area contributed by atoms with Crippen molar-refractivity contribution in [1.82, 2.24) is 9.97 Å². The number of hydrogen-bond acceptors (Lipinski definition) is 4. The summed E-state index contributed by atoms with van der Waals surface area (Å²) in [6.07, 6.45) is -0.402. The number of aromatic hydroxyl groups is 1. The van der Waals surface area contributed by atoms with Gasteiger partial charge >= 0.3 is 6.18 Å². The first-order chi connectivity index (χ1) is 10.8. The van der Waals surface area contributed by atoms with Crippen molar-refractivity contribution in [2.24, 2.45) is 0 Å². The molecule has 1 fully saturated rings. The molecule has 0 aromatic carbocycles. The van der Waals surface area contributed by atoms with Gasteiger partial charge in [0, 0.05) is 42.8 Å². The number of halogens is 3. The monoisotopic (exact) mass is 322 g/mol. The van der Waals surface area contributed by atoms with E-state index in [1.807, 2.05) is 0 Å². The van der Waals surface area contributed by atoms with E-state index in [0.717, 1.165) is 12.3 Å². The van der Waals surface area contributed by atoms with Crippen molar-refractivity contribution in [3.05, 3.63) is 53.6 Å². The van der Waals surface area contributed by atoms with Crippen molar-refractivity contribution in [1.29, 1.82) is 0 Å². The lowest BCUT2D eigenvalue weighted by Crippen LogP contribution is -2.44. The Morgan fingerprint density at radius 2 is 1.91 bits per heavy atom. The maximum atomic E-state index is 12.9. The van der Waals surface area contributed by atoms with E-state index in [1.165, 1.54) is 18.5 Å². The SMILES string of the molecule is O=C1CC(Cc2ccc(O)cn2)(c2cncc(C(F)(F)F)c2)C1. The van der Waals surface area contributed by atoms with E-state index in [4.69, 9.17) is 0 Å². The smallest absolute Gasteiger partial charge is 0.417 e. The molecule has 0 radical (unpaired) electrons. The summed E-state index contributed by atoms with van der Waals surface area (Å²) in [7, 11) is 0. The maximum absolute atomic E-state index is 12.9. The van der Waals surface area contributed by atoms with Crippen LogP contribution in [0.2, 0.25) is 0 Å². The largest absolute Gasteiger partial charge is 0.506 e. The molecule has 23 heavy (non-hydrogen) atoms. The minimum absolute atomic E-state index is 0.00110. The minimum Gasteiger partial charge on any atom is -0.506 e. The highest BCUT2D eigenvalue weighted by molar-refractivity contribution is 5.88. The minimum atomic E-state index is -4.48. The molecule has 1 aliphatic rings. The fourth-order valence-electron chi connectivity index (χ4n) is 2.89. The van der Waals surface area contributed by atoms with Crippen molar-refractivity contribution >= 4 is 5.78 Å². The Bertz CT molecular complexity index is 734. The van der Waals surface area contributed by atoms with Crippen molar-refractivity contribution in [3.63, 3.8) is 0 Å². The second-order valence-electron chi connectivity index (χ2n) is 5.82. The summed E-state index contributed by atoms with van der Waals surface area (Å²) in [6, 6.07) is 4.11. The van der Waals surface area contributed by atoms with Gasteiger partial charge in [-0.2, -0.15) is 13.2 Å². The van der Waals surface area contributed by atoms with Crippen LogP contribution in [0.3, 0.4) is 0 Å². The van der Waals surface area contributed by atoms with Gasteiger partial charge in [0.25, 0.3) is 0 Å². The number of carbonyl (C=O) groups excluding carboxylic acids is 1. The number of carbonyl (C=O) groups is 1. The Kier molecular flexibility index (Phi) is 3.58. The molecular formula is C16H13F3N2O2. The molecule has 1 N–H and O–H groups in total. The highest BCUT2D eigenvalue weighted by atomic mass is 19.4. The number of Topliss-reactive ketones (excluding diaryl/α,β-unsaturated/α-hetero) is 1. The fourth-order valence-corrected chi connectivity index (χ4v) is 2.89. The third-order valence-corrected chi connectivity index (χ3v) is 4.08. The van der Waals surface area contributed by atoms with E-state index in [-0.39, 0.29) is 24.4 Å². The molecule has 0 saturated heterocycles. The molecule has 7 heteroatoms. The molecule has 0 unspecified atom stereocenters. The van der Waals surface area contributed by atoms with Crippen molar-refractivity contribution in [3.8, 4) is 5.75 Å².